The highest BCUT2D eigenvalue weighted by atomic mass is 16.5. The molecule has 1 saturated heterocycles. The van der Waals surface area contributed by atoms with Gasteiger partial charge in [0, 0.05) is 25.9 Å². The number of hydrogen-bond acceptors (Lipinski definition) is 6. The van der Waals surface area contributed by atoms with E-state index in [4.69, 9.17) is 9.47 Å². The number of amides is 1. The van der Waals surface area contributed by atoms with E-state index < -0.39 is 0 Å². The highest BCUT2D eigenvalue weighted by molar-refractivity contribution is 5.90. The highest BCUT2D eigenvalue weighted by Gasteiger charge is 2.46. The van der Waals surface area contributed by atoms with Gasteiger partial charge in [-0.3, -0.25) is 9.48 Å². The predicted octanol–water partition coefficient (Wildman–Crippen LogP) is 0.661. The molecule has 0 spiro atoms. The smallest absolute Gasteiger partial charge is 0.293 e. The van der Waals surface area contributed by atoms with Crippen LogP contribution in [0.1, 0.15) is 23.5 Å². The maximum absolute atomic E-state index is 12.7. The molecule has 0 aromatic carbocycles. The fourth-order valence-electron chi connectivity index (χ4n) is 3.43. The number of carbonyl (C=O) groups excluding carboxylic acids is 1. The number of pyridine rings is 1. The van der Waals surface area contributed by atoms with Crippen molar-refractivity contribution in [2.24, 2.45) is 7.05 Å². The van der Waals surface area contributed by atoms with Gasteiger partial charge in [-0.1, -0.05) is 6.07 Å². The third-order valence-electron chi connectivity index (χ3n) is 4.50. The summed E-state index contributed by atoms with van der Waals surface area (Å²) in [4.78, 5) is 22.8. The number of aryl methyl sites for hydroxylation is 1. The summed E-state index contributed by atoms with van der Waals surface area (Å²) in [5.74, 6) is 0.668. The van der Waals surface area contributed by atoms with E-state index in [1.807, 2.05) is 23.1 Å². The molecule has 1 aliphatic carbocycles. The fraction of sp³-hybridized carbons (Fsp3) is 0.500. The topological polar surface area (TPSA) is 82.4 Å². The first-order valence-corrected chi connectivity index (χ1v) is 8.08. The second kappa shape index (κ2) is 6.20. The normalized spacial score (nSPS) is 26.2. The number of carbonyl (C=O) groups is 1. The molecular weight excluding hydrogens is 310 g/mol. The molecule has 1 saturated carbocycles. The predicted molar refractivity (Wildman–Crippen MR) is 83.5 cm³/mol. The molecule has 1 amide bonds. The molecule has 0 unspecified atom stereocenters. The van der Waals surface area contributed by atoms with Gasteiger partial charge in [-0.25, -0.2) is 9.97 Å². The first-order valence-electron chi connectivity index (χ1n) is 8.08. The van der Waals surface area contributed by atoms with Crippen LogP contribution in [-0.4, -0.2) is 62.0 Å². The zero-order valence-electron chi connectivity index (χ0n) is 13.4. The number of aromatic nitrogens is 4. The van der Waals surface area contributed by atoms with E-state index in [1.54, 1.807) is 13.2 Å². The number of ether oxygens (including phenoxy) is 2. The van der Waals surface area contributed by atoms with Crippen LogP contribution in [0.3, 0.4) is 0 Å². The molecule has 2 aromatic heterocycles. The standard InChI is InChI=1S/C16H19N5O3/c1-20-10-18-15(19-20)16(22)21-8-9-23-14-11(21)5-6-12(14)24-13-4-2-3-7-17-13/h2-4,7,10-12,14H,5-6,8-9H2,1H3/t11-,12-,14+/m0/s1. The molecule has 2 aliphatic rings. The molecule has 126 valence electrons. The number of fused-ring (bicyclic) bond motifs is 1. The quantitative estimate of drug-likeness (QED) is 0.823. The van der Waals surface area contributed by atoms with Gasteiger partial charge in [0.1, 0.15) is 18.5 Å². The molecule has 8 heteroatoms. The molecular formula is C16H19N5O3. The van der Waals surface area contributed by atoms with Crippen molar-refractivity contribution in [2.45, 2.75) is 31.1 Å². The summed E-state index contributed by atoms with van der Waals surface area (Å²) in [6.45, 7) is 1.04. The van der Waals surface area contributed by atoms with E-state index in [0.29, 0.717) is 19.0 Å². The van der Waals surface area contributed by atoms with Crippen molar-refractivity contribution < 1.29 is 14.3 Å². The van der Waals surface area contributed by atoms with Gasteiger partial charge < -0.3 is 14.4 Å². The van der Waals surface area contributed by atoms with Gasteiger partial charge in [0.25, 0.3) is 5.91 Å². The summed E-state index contributed by atoms with van der Waals surface area (Å²) in [5.41, 5.74) is 0. The Morgan fingerprint density at radius 3 is 3.00 bits per heavy atom. The fourth-order valence-corrected chi connectivity index (χ4v) is 3.43. The first-order chi connectivity index (χ1) is 11.7. The van der Waals surface area contributed by atoms with Gasteiger partial charge in [0.05, 0.1) is 12.6 Å². The molecule has 2 aromatic rings. The Balaban J connectivity index is 1.49. The first kappa shape index (κ1) is 15.1. The maximum Gasteiger partial charge on any atom is 0.293 e. The van der Waals surface area contributed by atoms with Crippen molar-refractivity contribution in [2.75, 3.05) is 13.2 Å². The van der Waals surface area contributed by atoms with Crippen LogP contribution < -0.4 is 4.74 Å². The summed E-state index contributed by atoms with van der Waals surface area (Å²) < 4.78 is 13.4. The Morgan fingerprint density at radius 1 is 1.33 bits per heavy atom. The van der Waals surface area contributed by atoms with Crippen LogP contribution in [0.4, 0.5) is 0 Å². The van der Waals surface area contributed by atoms with Crippen LogP contribution in [-0.2, 0) is 11.8 Å². The van der Waals surface area contributed by atoms with Gasteiger partial charge in [0.2, 0.25) is 11.7 Å². The van der Waals surface area contributed by atoms with Crippen molar-refractivity contribution in [3.63, 3.8) is 0 Å². The molecule has 3 heterocycles. The third-order valence-corrected chi connectivity index (χ3v) is 4.50. The molecule has 0 bridgehead atoms. The molecule has 2 fully saturated rings. The second-order valence-corrected chi connectivity index (χ2v) is 6.04. The van der Waals surface area contributed by atoms with Crippen molar-refractivity contribution in [3.05, 3.63) is 36.5 Å². The number of nitrogens with zero attached hydrogens (tertiary/aromatic N) is 5. The maximum atomic E-state index is 12.7. The van der Waals surface area contributed by atoms with Crippen molar-refractivity contribution in [1.82, 2.24) is 24.6 Å². The van der Waals surface area contributed by atoms with E-state index in [1.165, 1.54) is 11.0 Å². The van der Waals surface area contributed by atoms with E-state index in [0.717, 1.165) is 12.8 Å². The molecule has 1 aliphatic heterocycles. The zero-order valence-corrected chi connectivity index (χ0v) is 13.4. The van der Waals surface area contributed by atoms with Crippen molar-refractivity contribution >= 4 is 5.91 Å². The third kappa shape index (κ3) is 2.73. The van der Waals surface area contributed by atoms with Crippen LogP contribution in [0, 0.1) is 0 Å². The van der Waals surface area contributed by atoms with Gasteiger partial charge in [-0.2, -0.15) is 0 Å². The molecule has 4 rings (SSSR count). The Labute approximate surface area is 139 Å². The minimum absolute atomic E-state index is 0.0104. The van der Waals surface area contributed by atoms with Crippen LogP contribution >= 0.6 is 0 Å². The van der Waals surface area contributed by atoms with E-state index in [9.17, 15) is 4.79 Å². The minimum Gasteiger partial charge on any atom is -0.471 e. The average Bonchev–Trinajstić information content (AvgIpc) is 3.22. The number of hydrogen-bond donors (Lipinski definition) is 0. The highest BCUT2D eigenvalue weighted by Crippen LogP contribution is 2.33. The number of rotatable bonds is 3. The summed E-state index contributed by atoms with van der Waals surface area (Å²) in [7, 11) is 1.75. The lowest BCUT2D eigenvalue weighted by Crippen LogP contribution is -2.54. The van der Waals surface area contributed by atoms with Gasteiger partial charge in [-0.15, -0.1) is 5.10 Å². The Morgan fingerprint density at radius 2 is 2.25 bits per heavy atom. The monoisotopic (exact) mass is 329 g/mol. The van der Waals surface area contributed by atoms with Crippen molar-refractivity contribution in [3.8, 4) is 5.88 Å². The molecule has 0 N–H and O–H groups in total. The van der Waals surface area contributed by atoms with Crippen LogP contribution in [0.25, 0.3) is 0 Å². The lowest BCUT2D eigenvalue weighted by Gasteiger charge is -2.38. The summed E-state index contributed by atoms with van der Waals surface area (Å²) in [5, 5.41) is 4.12. The van der Waals surface area contributed by atoms with Crippen LogP contribution in [0.15, 0.2) is 30.7 Å². The minimum atomic E-state index is -0.146. The second-order valence-electron chi connectivity index (χ2n) is 6.04. The van der Waals surface area contributed by atoms with Gasteiger partial charge >= 0.3 is 0 Å². The molecule has 24 heavy (non-hydrogen) atoms. The van der Waals surface area contributed by atoms with Crippen LogP contribution in [0.5, 0.6) is 5.88 Å². The Kier molecular flexibility index (Phi) is 3.89. The van der Waals surface area contributed by atoms with Crippen LogP contribution in [0.2, 0.25) is 0 Å². The van der Waals surface area contributed by atoms with Gasteiger partial charge in [0.15, 0.2) is 0 Å². The summed E-state index contributed by atoms with van der Waals surface area (Å²) in [6.07, 6.45) is 4.65. The summed E-state index contributed by atoms with van der Waals surface area (Å²) >= 11 is 0. The molecule has 3 atom stereocenters. The molecule has 8 nitrogen and oxygen atoms in total. The number of morpholine rings is 1. The van der Waals surface area contributed by atoms with E-state index in [-0.39, 0.29) is 30.0 Å². The SMILES string of the molecule is Cn1cnc(C(=O)N2CCO[C@H]3[C@@H](Oc4ccccn4)CC[C@@H]32)n1. The summed E-state index contributed by atoms with van der Waals surface area (Å²) in [6, 6.07) is 5.56. The van der Waals surface area contributed by atoms with E-state index in [2.05, 4.69) is 15.1 Å². The van der Waals surface area contributed by atoms with Crippen molar-refractivity contribution in [1.29, 1.82) is 0 Å². The Bertz CT molecular complexity index is 720. The van der Waals surface area contributed by atoms with E-state index >= 15 is 0 Å². The zero-order chi connectivity index (χ0) is 16.5. The lowest BCUT2D eigenvalue weighted by atomic mass is 10.1. The van der Waals surface area contributed by atoms with Gasteiger partial charge in [-0.05, 0) is 18.9 Å². The molecule has 0 radical (unpaired) electrons. The Hall–Kier alpha value is -2.48. The average molecular weight is 329 g/mol. The lowest BCUT2D eigenvalue weighted by molar-refractivity contribution is -0.0795. The largest absolute Gasteiger partial charge is 0.471 e.